The van der Waals surface area contributed by atoms with E-state index in [-0.39, 0.29) is 12.0 Å². The van der Waals surface area contributed by atoms with Crippen molar-refractivity contribution in [2.75, 3.05) is 33.4 Å². The number of carbonyl (C=O) groups excluding carboxylic acids is 1. The van der Waals surface area contributed by atoms with Gasteiger partial charge in [-0.25, -0.2) is 0 Å². The molecule has 1 heterocycles. The van der Waals surface area contributed by atoms with Gasteiger partial charge in [0.1, 0.15) is 5.54 Å². The summed E-state index contributed by atoms with van der Waals surface area (Å²) in [4.78, 5) is 14.1. The van der Waals surface area contributed by atoms with Gasteiger partial charge in [-0.3, -0.25) is 4.79 Å². The molecule has 118 valence electrons. The molecule has 5 heteroatoms. The Balaban J connectivity index is 2.43. The predicted octanol–water partition coefficient (Wildman–Crippen LogP) is 1.40. The summed E-state index contributed by atoms with van der Waals surface area (Å²) in [6.45, 7) is 8.74. The second-order valence-electron chi connectivity index (χ2n) is 6.21. The molecular weight excluding hydrogens is 256 g/mol. The lowest BCUT2D eigenvalue weighted by molar-refractivity contribution is -0.149. The van der Waals surface area contributed by atoms with Crippen LogP contribution >= 0.6 is 0 Å². The topological polar surface area (TPSA) is 64.8 Å². The van der Waals surface area contributed by atoms with E-state index in [2.05, 4.69) is 18.9 Å². The Kier molecular flexibility index (Phi) is 6.92. The fourth-order valence-corrected chi connectivity index (χ4v) is 2.69. The smallest absolute Gasteiger partial charge is 0.325 e. The van der Waals surface area contributed by atoms with Crippen molar-refractivity contribution in [3.63, 3.8) is 0 Å². The van der Waals surface area contributed by atoms with Gasteiger partial charge < -0.3 is 20.1 Å². The summed E-state index contributed by atoms with van der Waals surface area (Å²) in [5, 5.41) is 0. The Bertz CT molecular complexity index is 301. The number of esters is 1. The van der Waals surface area contributed by atoms with Crippen molar-refractivity contribution in [3.05, 3.63) is 0 Å². The molecular formula is C15H30N2O3. The van der Waals surface area contributed by atoms with Gasteiger partial charge in [0.25, 0.3) is 0 Å². The van der Waals surface area contributed by atoms with E-state index in [9.17, 15) is 4.79 Å². The molecule has 1 aliphatic rings. The molecule has 0 spiro atoms. The van der Waals surface area contributed by atoms with Crippen LogP contribution in [0.15, 0.2) is 0 Å². The van der Waals surface area contributed by atoms with Gasteiger partial charge in [-0.05, 0) is 53.0 Å². The molecule has 3 atom stereocenters. The number of hydrogen-bond donors (Lipinski definition) is 1. The molecule has 20 heavy (non-hydrogen) atoms. The molecule has 0 aromatic rings. The Hall–Kier alpha value is -0.650. The van der Waals surface area contributed by atoms with Crippen LogP contribution in [-0.4, -0.2) is 55.9 Å². The Morgan fingerprint density at radius 3 is 2.85 bits per heavy atom. The molecule has 0 amide bonds. The summed E-state index contributed by atoms with van der Waals surface area (Å²) < 4.78 is 10.5. The van der Waals surface area contributed by atoms with Crippen LogP contribution in [0, 0.1) is 5.92 Å². The van der Waals surface area contributed by atoms with Gasteiger partial charge in [0, 0.05) is 19.2 Å². The number of hydrogen-bond acceptors (Lipinski definition) is 5. The van der Waals surface area contributed by atoms with Gasteiger partial charge in [0.05, 0.1) is 13.2 Å². The van der Waals surface area contributed by atoms with Crippen LogP contribution in [0.25, 0.3) is 0 Å². The van der Waals surface area contributed by atoms with Crippen molar-refractivity contribution < 1.29 is 14.3 Å². The molecule has 3 unspecified atom stereocenters. The molecule has 2 N–H and O–H groups in total. The molecule has 0 aromatic carbocycles. The van der Waals surface area contributed by atoms with Gasteiger partial charge >= 0.3 is 5.97 Å². The number of nitrogens with two attached hydrogens (primary N) is 1. The molecule has 1 saturated heterocycles. The number of nitrogens with zero attached hydrogens (tertiary/aromatic N) is 1. The van der Waals surface area contributed by atoms with E-state index in [4.69, 9.17) is 15.2 Å². The SMILES string of the molecule is CCOC(=O)C(C)(N)CC(C)N(C)CC1CCCOC1. The zero-order valence-corrected chi connectivity index (χ0v) is 13.4. The molecule has 1 fully saturated rings. The van der Waals surface area contributed by atoms with Crippen molar-refractivity contribution in [1.82, 2.24) is 4.90 Å². The highest BCUT2D eigenvalue weighted by atomic mass is 16.5. The fourth-order valence-electron chi connectivity index (χ4n) is 2.69. The van der Waals surface area contributed by atoms with Crippen LogP contribution in [0.2, 0.25) is 0 Å². The third-order valence-corrected chi connectivity index (χ3v) is 4.01. The van der Waals surface area contributed by atoms with Crippen molar-refractivity contribution in [2.24, 2.45) is 11.7 Å². The van der Waals surface area contributed by atoms with Crippen LogP contribution in [0.4, 0.5) is 0 Å². The monoisotopic (exact) mass is 286 g/mol. The molecule has 0 bridgehead atoms. The highest BCUT2D eigenvalue weighted by Gasteiger charge is 2.33. The van der Waals surface area contributed by atoms with Crippen molar-refractivity contribution >= 4 is 5.97 Å². The van der Waals surface area contributed by atoms with Crippen LogP contribution in [0.5, 0.6) is 0 Å². The normalized spacial score (nSPS) is 24.2. The minimum atomic E-state index is -0.924. The van der Waals surface area contributed by atoms with E-state index < -0.39 is 5.54 Å². The third kappa shape index (κ3) is 5.38. The standard InChI is InChI=1S/C15H30N2O3/c1-5-20-14(18)15(3,16)9-12(2)17(4)10-13-7-6-8-19-11-13/h12-13H,5-11,16H2,1-4H3. The van der Waals surface area contributed by atoms with Crippen molar-refractivity contribution in [1.29, 1.82) is 0 Å². The van der Waals surface area contributed by atoms with Gasteiger partial charge in [0.2, 0.25) is 0 Å². The lowest BCUT2D eigenvalue weighted by Crippen LogP contribution is -2.51. The maximum absolute atomic E-state index is 11.8. The van der Waals surface area contributed by atoms with Crippen molar-refractivity contribution in [3.8, 4) is 0 Å². The number of carbonyl (C=O) groups is 1. The van der Waals surface area contributed by atoms with Crippen LogP contribution in [0.3, 0.4) is 0 Å². The summed E-state index contributed by atoms with van der Waals surface area (Å²) in [6, 6.07) is 0.233. The lowest BCUT2D eigenvalue weighted by Gasteiger charge is -2.34. The second-order valence-corrected chi connectivity index (χ2v) is 6.21. The highest BCUT2D eigenvalue weighted by molar-refractivity contribution is 5.80. The second kappa shape index (κ2) is 7.96. The summed E-state index contributed by atoms with van der Waals surface area (Å²) >= 11 is 0. The number of rotatable bonds is 7. The Morgan fingerprint density at radius 2 is 2.30 bits per heavy atom. The fraction of sp³-hybridized carbons (Fsp3) is 0.933. The molecule has 0 aromatic heterocycles. The first kappa shape index (κ1) is 17.4. The molecule has 1 rings (SSSR count). The van der Waals surface area contributed by atoms with Crippen molar-refractivity contribution in [2.45, 2.75) is 51.6 Å². The minimum absolute atomic E-state index is 0.233. The van der Waals surface area contributed by atoms with Gasteiger partial charge in [-0.1, -0.05) is 0 Å². The summed E-state index contributed by atoms with van der Waals surface area (Å²) in [6.07, 6.45) is 2.95. The molecule has 0 radical (unpaired) electrons. The first-order chi connectivity index (χ1) is 9.36. The summed E-state index contributed by atoms with van der Waals surface area (Å²) in [7, 11) is 2.08. The number of ether oxygens (including phenoxy) is 2. The summed E-state index contributed by atoms with van der Waals surface area (Å²) in [5.41, 5.74) is 5.17. The molecule has 5 nitrogen and oxygen atoms in total. The zero-order valence-electron chi connectivity index (χ0n) is 13.4. The summed E-state index contributed by atoms with van der Waals surface area (Å²) in [5.74, 6) is 0.268. The quantitative estimate of drug-likeness (QED) is 0.717. The average molecular weight is 286 g/mol. The van der Waals surface area contributed by atoms with Crippen LogP contribution in [0.1, 0.15) is 40.0 Å². The van der Waals surface area contributed by atoms with Crippen LogP contribution in [-0.2, 0) is 14.3 Å². The highest BCUT2D eigenvalue weighted by Crippen LogP contribution is 2.19. The van der Waals surface area contributed by atoms with E-state index in [0.29, 0.717) is 18.9 Å². The minimum Gasteiger partial charge on any atom is -0.465 e. The first-order valence-corrected chi connectivity index (χ1v) is 7.61. The third-order valence-electron chi connectivity index (χ3n) is 4.01. The van der Waals surface area contributed by atoms with Gasteiger partial charge in [0.15, 0.2) is 0 Å². The maximum Gasteiger partial charge on any atom is 0.325 e. The molecule has 1 aliphatic heterocycles. The average Bonchev–Trinajstić information content (AvgIpc) is 2.39. The van der Waals surface area contributed by atoms with E-state index in [1.165, 1.54) is 6.42 Å². The van der Waals surface area contributed by atoms with E-state index >= 15 is 0 Å². The van der Waals surface area contributed by atoms with Gasteiger partial charge in [-0.2, -0.15) is 0 Å². The zero-order chi connectivity index (χ0) is 15.2. The lowest BCUT2D eigenvalue weighted by atomic mass is 9.93. The van der Waals surface area contributed by atoms with E-state index in [1.54, 1.807) is 13.8 Å². The first-order valence-electron chi connectivity index (χ1n) is 7.61. The van der Waals surface area contributed by atoms with E-state index in [0.717, 1.165) is 26.2 Å². The van der Waals surface area contributed by atoms with E-state index in [1.807, 2.05) is 0 Å². The largest absolute Gasteiger partial charge is 0.465 e. The molecule has 0 saturated carbocycles. The predicted molar refractivity (Wildman–Crippen MR) is 79.5 cm³/mol. The van der Waals surface area contributed by atoms with Crippen LogP contribution < -0.4 is 5.73 Å². The maximum atomic E-state index is 11.8. The Morgan fingerprint density at radius 1 is 1.60 bits per heavy atom. The Labute approximate surface area is 122 Å². The van der Waals surface area contributed by atoms with Gasteiger partial charge in [-0.15, -0.1) is 0 Å². The molecule has 0 aliphatic carbocycles.